The van der Waals surface area contributed by atoms with Crippen LogP contribution in [0.2, 0.25) is 0 Å². The molecule has 2 unspecified atom stereocenters. The molecule has 102 valence electrons. The molecule has 2 aliphatic heterocycles. The summed E-state index contributed by atoms with van der Waals surface area (Å²) in [5.74, 6) is -0.362. The van der Waals surface area contributed by atoms with E-state index < -0.39 is 0 Å². The monoisotopic (exact) mass is 259 g/mol. The summed E-state index contributed by atoms with van der Waals surface area (Å²) in [4.78, 5) is 11.5. The second-order valence-corrected chi connectivity index (χ2v) is 5.86. The van der Waals surface area contributed by atoms with Crippen LogP contribution >= 0.6 is 0 Å². The molecule has 2 aliphatic rings. The van der Waals surface area contributed by atoms with Crippen LogP contribution in [0.3, 0.4) is 0 Å². The van der Waals surface area contributed by atoms with Crippen LogP contribution in [0.5, 0.6) is 0 Å². The molecule has 2 saturated heterocycles. The molecule has 4 nitrogen and oxygen atoms in total. The predicted molar refractivity (Wildman–Crippen MR) is 76.3 cm³/mol. The first-order valence-corrected chi connectivity index (χ1v) is 7.05. The SMILES string of the molecule is Cc1ccc(C(N)=O)c(NC2CC3CCC(C2)N3)c1. The van der Waals surface area contributed by atoms with E-state index in [0.717, 1.165) is 24.1 Å². The molecule has 1 aromatic carbocycles. The molecule has 0 saturated carbocycles. The number of aryl methyl sites for hydroxylation is 1. The Balaban J connectivity index is 1.79. The van der Waals surface area contributed by atoms with E-state index in [2.05, 4.69) is 10.6 Å². The quantitative estimate of drug-likeness (QED) is 0.775. The molecule has 2 atom stereocenters. The first-order valence-electron chi connectivity index (χ1n) is 7.05. The number of nitrogens with two attached hydrogens (primary N) is 1. The van der Waals surface area contributed by atoms with Crippen molar-refractivity contribution in [2.24, 2.45) is 5.73 Å². The molecule has 2 fully saturated rings. The zero-order chi connectivity index (χ0) is 13.4. The Kier molecular flexibility index (Phi) is 3.19. The third kappa shape index (κ3) is 2.59. The molecule has 0 aromatic heterocycles. The molecule has 1 amide bonds. The van der Waals surface area contributed by atoms with Gasteiger partial charge in [0.15, 0.2) is 0 Å². The van der Waals surface area contributed by atoms with E-state index in [-0.39, 0.29) is 5.91 Å². The van der Waals surface area contributed by atoms with Gasteiger partial charge < -0.3 is 16.4 Å². The summed E-state index contributed by atoms with van der Waals surface area (Å²) < 4.78 is 0. The fourth-order valence-corrected chi connectivity index (χ4v) is 3.39. The van der Waals surface area contributed by atoms with E-state index in [1.54, 1.807) is 0 Å². The summed E-state index contributed by atoms with van der Waals surface area (Å²) in [6, 6.07) is 7.48. The highest BCUT2D eigenvalue weighted by Crippen LogP contribution is 2.29. The maximum absolute atomic E-state index is 11.5. The maximum atomic E-state index is 11.5. The smallest absolute Gasteiger partial charge is 0.250 e. The number of nitrogens with one attached hydrogen (secondary N) is 2. The minimum absolute atomic E-state index is 0.362. The molecule has 1 aromatic rings. The minimum Gasteiger partial charge on any atom is -0.382 e. The van der Waals surface area contributed by atoms with E-state index in [4.69, 9.17) is 5.73 Å². The van der Waals surface area contributed by atoms with Crippen LogP contribution in [0.4, 0.5) is 5.69 Å². The van der Waals surface area contributed by atoms with Gasteiger partial charge in [0.2, 0.25) is 0 Å². The van der Waals surface area contributed by atoms with Crippen LogP contribution in [0, 0.1) is 6.92 Å². The lowest BCUT2D eigenvalue weighted by atomic mass is 9.98. The molecule has 0 radical (unpaired) electrons. The lowest BCUT2D eigenvalue weighted by molar-refractivity contribution is 0.100. The number of piperidine rings is 1. The number of carbonyl (C=O) groups excluding carboxylic acids is 1. The van der Waals surface area contributed by atoms with Crippen molar-refractivity contribution in [2.45, 2.75) is 50.7 Å². The zero-order valence-electron chi connectivity index (χ0n) is 11.3. The van der Waals surface area contributed by atoms with Gasteiger partial charge in [-0.2, -0.15) is 0 Å². The number of anilines is 1. The Morgan fingerprint density at radius 2 is 2.00 bits per heavy atom. The van der Waals surface area contributed by atoms with Gasteiger partial charge in [-0.05, 0) is 50.3 Å². The molecule has 3 rings (SSSR count). The Morgan fingerprint density at radius 3 is 2.63 bits per heavy atom. The van der Waals surface area contributed by atoms with Gasteiger partial charge in [0.25, 0.3) is 5.91 Å². The summed E-state index contributed by atoms with van der Waals surface area (Å²) in [6.07, 6.45) is 4.81. The number of hydrogen-bond donors (Lipinski definition) is 3. The number of amides is 1. The number of fused-ring (bicyclic) bond motifs is 2. The molecular formula is C15H21N3O. The highest BCUT2D eigenvalue weighted by atomic mass is 16.1. The van der Waals surface area contributed by atoms with E-state index in [0.29, 0.717) is 23.7 Å². The largest absolute Gasteiger partial charge is 0.382 e. The highest BCUT2D eigenvalue weighted by Gasteiger charge is 2.33. The van der Waals surface area contributed by atoms with Gasteiger partial charge in [-0.15, -0.1) is 0 Å². The molecule has 4 N–H and O–H groups in total. The molecule has 2 heterocycles. The molecule has 19 heavy (non-hydrogen) atoms. The van der Waals surface area contributed by atoms with Crippen LogP contribution in [0.15, 0.2) is 18.2 Å². The topological polar surface area (TPSA) is 67.2 Å². The maximum Gasteiger partial charge on any atom is 0.250 e. The fourth-order valence-electron chi connectivity index (χ4n) is 3.39. The Morgan fingerprint density at radius 1 is 1.32 bits per heavy atom. The Hall–Kier alpha value is -1.55. The number of rotatable bonds is 3. The van der Waals surface area contributed by atoms with Gasteiger partial charge in [-0.25, -0.2) is 0 Å². The Labute approximate surface area is 113 Å². The van der Waals surface area contributed by atoms with Crippen molar-refractivity contribution in [2.75, 3.05) is 5.32 Å². The van der Waals surface area contributed by atoms with E-state index in [1.807, 2.05) is 25.1 Å². The minimum atomic E-state index is -0.362. The van der Waals surface area contributed by atoms with Gasteiger partial charge in [0.1, 0.15) is 0 Å². The lowest BCUT2D eigenvalue weighted by Crippen LogP contribution is -2.43. The standard InChI is InChI=1S/C15H21N3O/c1-9-2-5-13(15(16)19)14(6-9)18-12-7-10-3-4-11(8-12)17-10/h2,5-6,10-12,17-18H,3-4,7-8H2,1H3,(H2,16,19). The lowest BCUT2D eigenvalue weighted by Gasteiger charge is -2.31. The van der Waals surface area contributed by atoms with Crippen LogP contribution in [0.1, 0.15) is 41.6 Å². The second-order valence-electron chi connectivity index (χ2n) is 5.86. The summed E-state index contributed by atoms with van der Waals surface area (Å²) >= 11 is 0. The van der Waals surface area contributed by atoms with Crippen molar-refractivity contribution in [3.63, 3.8) is 0 Å². The summed E-state index contributed by atoms with van der Waals surface area (Å²) in [6.45, 7) is 2.03. The summed E-state index contributed by atoms with van der Waals surface area (Å²) in [7, 11) is 0. The van der Waals surface area contributed by atoms with Gasteiger partial charge >= 0.3 is 0 Å². The number of primary amides is 1. The zero-order valence-corrected chi connectivity index (χ0v) is 11.3. The van der Waals surface area contributed by atoms with Crippen molar-refractivity contribution in [3.8, 4) is 0 Å². The van der Waals surface area contributed by atoms with Gasteiger partial charge in [0, 0.05) is 23.8 Å². The summed E-state index contributed by atoms with van der Waals surface area (Å²) in [5.41, 5.74) is 8.07. The first-order chi connectivity index (χ1) is 9.11. The van der Waals surface area contributed by atoms with E-state index in [1.165, 1.54) is 12.8 Å². The van der Waals surface area contributed by atoms with Crippen LogP contribution in [-0.4, -0.2) is 24.0 Å². The third-order valence-corrected chi connectivity index (χ3v) is 4.27. The van der Waals surface area contributed by atoms with Crippen molar-refractivity contribution in [3.05, 3.63) is 29.3 Å². The van der Waals surface area contributed by atoms with Gasteiger partial charge in [0.05, 0.1) is 5.56 Å². The average molecular weight is 259 g/mol. The second kappa shape index (κ2) is 4.85. The molecule has 0 spiro atoms. The molecule has 4 heteroatoms. The summed E-state index contributed by atoms with van der Waals surface area (Å²) in [5, 5.41) is 7.15. The average Bonchev–Trinajstić information content (AvgIpc) is 2.68. The van der Waals surface area contributed by atoms with Crippen molar-refractivity contribution in [1.82, 2.24) is 5.32 Å². The molecule has 0 aliphatic carbocycles. The van der Waals surface area contributed by atoms with Crippen molar-refractivity contribution in [1.29, 1.82) is 0 Å². The normalized spacial score (nSPS) is 29.2. The van der Waals surface area contributed by atoms with Crippen LogP contribution in [-0.2, 0) is 0 Å². The Bertz CT molecular complexity index is 488. The van der Waals surface area contributed by atoms with Crippen molar-refractivity contribution < 1.29 is 4.79 Å². The van der Waals surface area contributed by atoms with E-state index in [9.17, 15) is 4.79 Å². The molecular weight excluding hydrogens is 238 g/mol. The predicted octanol–water partition coefficient (Wildman–Crippen LogP) is 1.79. The van der Waals surface area contributed by atoms with Gasteiger partial charge in [-0.1, -0.05) is 6.07 Å². The number of hydrogen-bond acceptors (Lipinski definition) is 3. The third-order valence-electron chi connectivity index (χ3n) is 4.27. The van der Waals surface area contributed by atoms with Gasteiger partial charge in [-0.3, -0.25) is 4.79 Å². The van der Waals surface area contributed by atoms with Crippen LogP contribution in [0.25, 0.3) is 0 Å². The number of benzene rings is 1. The number of carbonyl (C=O) groups is 1. The molecule has 2 bridgehead atoms. The fraction of sp³-hybridized carbons (Fsp3) is 0.533. The first kappa shape index (κ1) is 12.5. The van der Waals surface area contributed by atoms with Crippen LogP contribution < -0.4 is 16.4 Å². The highest BCUT2D eigenvalue weighted by molar-refractivity contribution is 5.98. The van der Waals surface area contributed by atoms with Crippen molar-refractivity contribution >= 4 is 11.6 Å². The van der Waals surface area contributed by atoms with E-state index >= 15 is 0 Å².